The number of hydrogen-bond acceptors (Lipinski definition) is 7. The molecule has 0 rings (SSSR count). The number of phosphoric acid groups is 1. The molecule has 0 amide bonds. The van der Waals surface area contributed by atoms with Crippen molar-refractivity contribution >= 4 is 13.8 Å². The number of carbonyl (C=O) groups excluding carboxylic acids is 1. The van der Waals surface area contributed by atoms with E-state index in [0.717, 1.165) is 44.9 Å². The molecule has 8 nitrogen and oxygen atoms in total. The smallest absolute Gasteiger partial charge is 0.457 e. The molecule has 0 aliphatic heterocycles. The Morgan fingerprint density at radius 2 is 0.883 bits per heavy atom. The van der Waals surface area contributed by atoms with E-state index in [4.69, 9.17) is 24.3 Å². The molecule has 9 heteroatoms. The second-order valence-electron chi connectivity index (χ2n) is 17.4. The topological polar surface area (TPSA) is 117 Å². The largest absolute Gasteiger partial charge is 0.472 e. The molecule has 0 spiro atoms. The Hall–Kier alpha value is -1.02. The maximum Gasteiger partial charge on any atom is 0.472 e. The predicted molar refractivity (Wildman–Crippen MR) is 257 cm³/mol. The maximum absolute atomic E-state index is 12.7. The highest BCUT2D eigenvalue weighted by atomic mass is 31.2. The first-order valence-electron chi connectivity index (χ1n) is 25.8. The molecule has 0 aromatic carbocycles. The van der Waals surface area contributed by atoms with Crippen molar-refractivity contribution in [3.8, 4) is 0 Å². The number of ether oxygens (including phenoxy) is 2. The van der Waals surface area contributed by atoms with E-state index >= 15 is 0 Å². The summed E-state index contributed by atoms with van der Waals surface area (Å²) in [7, 11) is -4.28. The van der Waals surface area contributed by atoms with Gasteiger partial charge in [-0.3, -0.25) is 13.8 Å². The van der Waals surface area contributed by atoms with Crippen LogP contribution in [-0.2, 0) is 27.9 Å². The van der Waals surface area contributed by atoms with Crippen LogP contribution in [0.4, 0.5) is 0 Å². The van der Waals surface area contributed by atoms with Gasteiger partial charge in [0.1, 0.15) is 6.10 Å². The first-order valence-corrected chi connectivity index (χ1v) is 27.3. The Bertz CT molecular complexity index is 977. The molecule has 0 aromatic rings. The lowest BCUT2D eigenvalue weighted by Gasteiger charge is -2.20. The molecule has 2 unspecified atom stereocenters. The second kappa shape index (κ2) is 49.0. The molecule has 60 heavy (non-hydrogen) atoms. The number of carbonyl (C=O) groups is 1. The van der Waals surface area contributed by atoms with Crippen molar-refractivity contribution in [2.45, 2.75) is 264 Å². The van der Waals surface area contributed by atoms with E-state index in [9.17, 15) is 14.3 Å². The lowest BCUT2D eigenvalue weighted by molar-refractivity contribution is -0.154. The molecule has 0 saturated heterocycles. The molecule has 0 radical (unpaired) electrons. The van der Waals surface area contributed by atoms with Gasteiger partial charge in [0.15, 0.2) is 0 Å². The SMILES string of the molecule is CCCCCC/C=C\C/C=C\CCCCCCCCOCC(COP(=O)(O)OCCN)OC(=O)CCCCCCCCCCCCCCCCCCCCCCCCCC. The summed E-state index contributed by atoms with van der Waals surface area (Å²) in [4.78, 5) is 22.6. The van der Waals surface area contributed by atoms with Crippen molar-refractivity contribution in [2.24, 2.45) is 5.73 Å². The second-order valence-corrected chi connectivity index (χ2v) is 18.8. The number of nitrogens with two attached hydrogens (primary N) is 1. The van der Waals surface area contributed by atoms with E-state index in [1.807, 2.05) is 0 Å². The minimum Gasteiger partial charge on any atom is -0.457 e. The van der Waals surface area contributed by atoms with Crippen LogP contribution in [-0.4, -0.2) is 49.9 Å². The van der Waals surface area contributed by atoms with E-state index in [1.165, 1.54) is 193 Å². The molecule has 0 heterocycles. The minimum atomic E-state index is -4.28. The van der Waals surface area contributed by atoms with Gasteiger partial charge in [-0.15, -0.1) is 0 Å². The Morgan fingerprint density at radius 1 is 0.500 bits per heavy atom. The van der Waals surface area contributed by atoms with Crippen molar-refractivity contribution in [1.29, 1.82) is 0 Å². The monoisotopic (exact) mass is 870 g/mol. The fourth-order valence-corrected chi connectivity index (χ4v) is 8.32. The average Bonchev–Trinajstić information content (AvgIpc) is 3.24. The van der Waals surface area contributed by atoms with Crippen molar-refractivity contribution in [2.75, 3.05) is 33.0 Å². The lowest BCUT2D eigenvalue weighted by Crippen LogP contribution is -2.28. The van der Waals surface area contributed by atoms with Crippen molar-refractivity contribution in [3.63, 3.8) is 0 Å². The summed E-state index contributed by atoms with van der Waals surface area (Å²) in [5.74, 6) is -0.328. The summed E-state index contributed by atoms with van der Waals surface area (Å²) in [5.41, 5.74) is 5.39. The maximum atomic E-state index is 12.7. The van der Waals surface area contributed by atoms with E-state index < -0.39 is 13.9 Å². The van der Waals surface area contributed by atoms with Gasteiger partial charge in [0, 0.05) is 19.6 Å². The van der Waals surface area contributed by atoms with Crippen LogP contribution in [0.2, 0.25) is 0 Å². The number of allylic oxidation sites excluding steroid dienone is 4. The van der Waals surface area contributed by atoms with Crippen LogP contribution < -0.4 is 5.73 Å². The summed E-state index contributed by atoms with van der Waals surface area (Å²) >= 11 is 0. The van der Waals surface area contributed by atoms with E-state index in [2.05, 4.69) is 38.2 Å². The molecule has 2 atom stereocenters. The van der Waals surface area contributed by atoms with Crippen molar-refractivity contribution in [1.82, 2.24) is 0 Å². The fourth-order valence-electron chi connectivity index (χ4n) is 7.56. The number of phosphoric ester groups is 1. The van der Waals surface area contributed by atoms with Crippen LogP contribution >= 0.6 is 7.82 Å². The molecule has 0 aromatic heterocycles. The molecule has 0 bridgehead atoms. The quantitative estimate of drug-likeness (QED) is 0.0269. The van der Waals surface area contributed by atoms with Crippen molar-refractivity contribution < 1.29 is 32.8 Å². The van der Waals surface area contributed by atoms with Gasteiger partial charge in [-0.2, -0.15) is 0 Å². The van der Waals surface area contributed by atoms with E-state index in [-0.39, 0.29) is 32.3 Å². The lowest BCUT2D eigenvalue weighted by atomic mass is 10.0. The highest BCUT2D eigenvalue weighted by Crippen LogP contribution is 2.43. The molecule has 0 aliphatic rings. The third-order valence-corrected chi connectivity index (χ3v) is 12.4. The van der Waals surface area contributed by atoms with Crippen LogP contribution in [0.1, 0.15) is 258 Å². The third-order valence-electron chi connectivity index (χ3n) is 11.4. The molecule has 356 valence electrons. The molecular weight excluding hydrogens is 770 g/mol. The average molecular weight is 870 g/mol. The van der Waals surface area contributed by atoms with E-state index in [1.54, 1.807) is 0 Å². The van der Waals surface area contributed by atoms with E-state index in [0.29, 0.717) is 13.0 Å². The van der Waals surface area contributed by atoms with Crippen LogP contribution in [0.5, 0.6) is 0 Å². The van der Waals surface area contributed by atoms with Gasteiger partial charge in [0.25, 0.3) is 0 Å². The van der Waals surface area contributed by atoms with Crippen LogP contribution in [0.15, 0.2) is 24.3 Å². The first kappa shape index (κ1) is 59.0. The Morgan fingerprint density at radius 3 is 1.32 bits per heavy atom. The first-order chi connectivity index (χ1) is 29.4. The highest BCUT2D eigenvalue weighted by molar-refractivity contribution is 7.47. The molecular formula is C51H100NO7P. The number of hydrogen-bond donors (Lipinski definition) is 2. The molecule has 3 N–H and O–H groups in total. The zero-order chi connectivity index (χ0) is 43.7. The van der Waals surface area contributed by atoms with Gasteiger partial charge in [-0.25, -0.2) is 4.57 Å². The number of rotatable bonds is 50. The molecule has 0 aliphatic carbocycles. The summed E-state index contributed by atoms with van der Waals surface area (Å²) in [6, 6.07) is 0. The Balaban J connectivity index is 3.89. The van der Waals surface area contributed by atoms with Gasteiger partial charge in [-0.1, -0.05) is 231 Å². The fraction of sp³-hybridized carbons (Fsp3) is 0.902. The molecule has 0 fully saturated rings. The summed E-state index contributed by atoms with van der Waals surface area (Å²) in [5, 5.41) is 0. The normalized spacial score (nSPS) is 13.5. The van der Waals surface area contributed by atoms with Crippen LogP contribution in [0.3, 0.4) is 0 Å². The van der Waals surface area contributed by atoms with Crippen LogP contribution in [0.25, 0.3) is 0 Å². The summed E-state index contributed by atoms with van der Waals surface area (Å²) < 4.78 is 33.6. The Kier molecular flexibility index (Phi) is 48.2. The highest BCUT2D eigenvalue weighted by Gasteiger charge is 2.25. The van der Waals surface area contributed by atoms with Gasteiger partial charge < -0.3 is 20.1 Å². The zero-order valence-electron chi connectivity index (χ0n) is 39.7. The molecule has 0 saturated carbocycles. The predicted octanol–water partition coefficient (Wildman–Crippen LogP) is 16.0. The van der Waals surface area contributed by atoms with Gasteiger partial charge in [-0.05, 0) is 44.9 Å². The van der Waals surface area contributed by atoms with Crippen molar-refractivity contribution in [3.05, 3.63) is 24.3 Å². The van der Waals surface area contributed by atoms with Gasteiger partial charge >= 0.3 is 13.8 Å². The minimum absolute atomic E-state index is 0.0953. The van der Waals surface area contributed by atoms with Gasteiger partial charge in [0.05, 0.1) is 19.8 Å². The Labute approximate surface area is 372 Å². The van der Waals surface area contributed by atoms with Crippen LogP contribution in [0, 0.1) is 0 Å². The number of unbranched alkanes of at least 4 members (excludes halogenated alkanes) is 33. The zero-order valence-corrected chi connectivity index (χ0v) is 40.6. The summed E-state index contributed by atoms with van der Waals surface area (Å²) in [6.07, 6.45) is 56.4. The third kappa shape index (κ3) is 48.0. The number of esters is 1. The standard InChI is InChI=1S/C51H100NO7P/c1-3-5-7-9-11-13-15-17-19-21-22-23-24-25-26-27-28-30-32-34-36-38-40-42-44-51(53)59-50(49-58-60(54,55)57-47-45-52)48-56-46-43-41-39-37-35-33-31-29-20-18-16-14-12-10-8-6-4-2/h14,16,20,29,50H,3-13,15,17-19,21-28,30-49,52H2,1-2H3,(H,54,55)/b16-14-,29-20-. The van der Waals surface area contributed by atoms with Gasteiger partial charge in [0.2, 0.25) is 0 Å². The summed E-state index contributed by atoms with van der Waals surface area (Å²) in [6.45, 7) is 4.93.